The summed E-state index contributed by atoms with van der Waals surface area (Å²) in [6.45, 7) is 2.32. The van der Waals surface area contributed by atoms with Crippen molar-refractivity contribution in [3.05, 3.63) is 117 Å². The summed E-state index contributed by atoms with van der Waals surface area (Å²) in [5, 5.41) is 21.2. The molecule has 0 saturated carbocycles. The second kappa shape index (κ2) is 14.6. The van der Waals surface area contributed by atoms with Gasteiger partial charge >= 0.3 is 0 Å². The number of hydrogen-bond acceptors (Lipinski definition) is 7. The average Bonchev–Trinajstić information content (AvgIpc) is 3.69. The number of aliphatic hydroxyl groups excluding tert-OH is 1. The number of aliphatic hydroxyl groups is 1. The molecular weight excluding hydrogens is 572 g/mol. The van der Waals surface area contributed by atoms with Gasteiger partial charge in [0.1, 0.15) is 5.75 Å². The van der Waals surface area contributed by atoms with Crippen molar-refractivity contribution >= 4 is 23.2 Å². The zero-order valence-electron chi connectivity index (χ0n) is 25.4. The molecule has 4 atom stereocenters. The van der Waals surface area contributed by atoms with Crippen molar-refractivity contribution in [1.29, 1.82) is 0 Å². The highest BCUT2D eigenvalue weighted by molar-refractivity contribution is 7.09. The van der Waals surface area contributed by atoms with Crippen LogP contribution in [-0.4, -0.2) is 65.2 Å². The predicted octanol–water partition coefficient (Wildman–Crippen LogP) is 4.80. The van der Waals surface area contributed by atoms with Crippen LogP contribution in [0.1, 0.15) is 55.4 Å². The van der Waals surface area contributed by atoms with Gasteiger partial charge in [0, 0.05) is 35.6 Å². The smallest absolute Gasteiger partial charge is 0.253 e. The van der Waals surface area contributed by atoms with Crippen LogP contribution in [0.2, 0.25) is 0 Å². The molecule has 0 radical (unpaired) electrons. The molecule has 0 aliphatic carbocycles. The number of nitrogens with one attached hydrogen (secondary N) is 2. The third-order valence-electron chi connectivity index (χ3n) is 8.12. The van der Waals surface area contributed by atoms with Crippen LogP contribution in [0.25, 0.3) is 0 Å². The maximum absolute atomic E-state index is 13.6. The first-order valence-corrected chi connectivity index (χ1v) is 15.9. The summed E-state index contributed by atoms with van der Waals surface area (Å²) in [7, 11) is 3.39. The van der Waals surface area contributed by atoms with Crippen LogP contribution in [0.3, 0.4) is 0 Å². The Hall–Kier alpha value is -4.05. The molecule has 3 aromatic carbocycles. The number of amides is 2. The number of ether oxygens (including phenoxy) is 1. The molecule has 1 aliphatic rings. The fraction of sp³-hybridized carbons (Fsp3) is 0.343. The molecule has 8 nitrogen and oxygen atoms in total. The Bertz CT molecular complexity index is 1560. The molecule has 230 valence electrons. The molecule has 2 amide bonds. The maximum Gasteiger partial charge on any atom is 0.253 e. The van der Waals surface area contributed by atoms with Crippen LogP contribution >= 0.6 is 11.3 Å². The number of benzene rings is 3. The fourth-order valence-corrected chi connectivity index (χ4v) is 6.44. The van der Waals surface area contributed by atoms with E-state index in [1.807, 2.05) is 60.8 Å². The monoisotopic (exact) mass is 612 g/mol. The first kappa shape index (κ1) is 31.4. The third-order valence-corrected chi connectivity index (χ3v) is 8.94. The minimum Gasteiger partial charge on any atom is -0.497 e. The van der Waals surface area contributed by atoms with Crippen LogP contribution in [0.5, 0.6) is 5.75 Å². The van der Waals surface area contributed by atoms with Crippen LogP contribution in [0.4, 0.5) is 0 Å². The van der Waals surface area contributed by atoms with E-state index < -0.39 is 12.1 Å². The van der Waals surface area contributed by atoms with Crippen molar-refractivity contribution in [3.8, 4) is 5.75 Å². The lowest BCUT2D eigenvalue weighted by Crippen LogP contribution is -2.53. The normalized spacial score (nSPS) is 17.5. The lowest BCUT2D eigenvalue weighted by molar-refractivity contribution is 0.0730. The maximum atomic E-state index is 13.6. The standard InChI is InChI=1S/C35H40N4O4S/c1-23-36-29(22-44-23)21-39(2)35(42)27-13-8-12-26(20-27)34(41)38-32(19-24-9-5-4-6-10-24)33(40)31-16-15-28(37-31)17-25-11-7-14-30(18-25)43-3/h4-14,18,20,22,28,31-33,37,40H,15-17,19,21H2,1-3H3,(H,38,41)/t28?,31?,32-,33+/m0/s1. The second-order valence-electron chi connectivity index (χ2n) is 11.5. The van der Waals surface area contributed by atoms with Crippen molar-refractivity contribution in [1.82, 2.24) is 20.5 Å². The highest BCUT2D eigenvalue weighted by Gasteiger charge is 2.35. The minimum absolute atomic E-state index is 0.171. The summed E-state index contributed by atoms with van der Waals surface area (Å²) in [6, 6.07) is 24.1. The molecule has 0 spiro atoms. The summed E-state index contributed by atoms with van der Waals surface area (Å²) in [4.78, 5) is 32.8. The number of rotatable bonds is 12. The summed E-state index contributed by atoms with van der Waals surface area (Å²) in [6.07, 6.45) is 2.20. The molecule has 1 fully saturated rings. The molecule has 1 aromatic heterocycles. The Kier molecular flexibility index (Phi) is 10.4. The number of aryl methyl sites for hydroxylation is 1. The van der Waals surface area contributed by atoms with Gasteiger partial charge in [0.2, 0.25) is 0 Å². The topological polar surface area (TPSA) is 104 Å². The van der Waals surface area contributed by atoms with Crippen LogP contribution in [0, 0.1) is 6.92 Å². The lowest BCUT2D eigenvalue weighted by atomic mass is 9.95. The summed E-state index contributed by atoms with van der Waals surface area (Å²) < 4.78 is 5.37. The quantitative estimate of drug-likeness (QED) is 0.213. The molecule has 5 rings (SSSR count). The van der Waals surface area contributed by atoms with Gasteiger partial charge in [-0.05, 0) is 74.1 Å². The number of thiazole rings is 1. The van der Waals surface area contributed by atoms with E-state index in [1.54, 1.807) is 54.7 Å². The number of aromatic nitrogens is 1. The Morgan fingerprint density at radius 3 is 2.55 bits per heavy atom. The SMILES string of the molecule is COc1cccc(CC2CCC([C@@H](O)[C@H](Cc3ccccc3)NC(=O)c3cccc(C(=O)N(C)Cc4csc(C)n4)c3)N2)c1. The van der Waals surface area contributed by atoms with E-state index in [2.05, 4.69) is 21.7 Å². The minimum atomic E-state index is -0.813. The van der Waals surface area contributed by atoms with Crippen molar-refractivity contribution in [3.63, 3.8) is 0 Å². The van der Waals surface area contributed by atoms with Gasteiger partial charge in [-0.3, -0.25) is 9.59 Å². The number of hydrogen-bond donors (Lipinski definition) is 3. The summed E-state index contributed by atoms with van der Waals surface area (Å²) in [5.74, 6) is 0.307. The third kappa shape index (κ3) is 8.11. The van der Waals surface area contributed by atoms with Crippen LogP contribution in [-0.2, 0) is 19.4 Å². The molecule has 44 heavy (non-hydrogen) atoms. The Morgan fingerprint density at radius 1 is 1.05 bits per heavy atom. The van der Waals surface area contributed by atoms with E-state index >= 15 is 0 Å². The van der Waals surface area contributed by atoms with Gasteiger partial charge in [-0.25, -0.2) is 4.98 Å². The molecule has 3 N–H and O–H groups in total. The number of carbonyl (C=O) groups is 2. The molecular formula is C35H40N4O4S. The number of nitrogens with zero attached hydrogens (tertiary/aromatic N) is 2. The number of methoxy groups -OCH3 is 1. The first-order valence-electron chi connectivity index (χ1n) is 15.0. The predicted molar refractivity (Wildman–Crippen MR) is 173 cm³/mol. The van der Waals surface area contributed by atoms with Gasteiger partial charge in [-0.1, -0.05) is 48.5 Å². The molecule has 2 unspecified atom stereocenters. The van der Waals surface area contributed by atoms with Crippen LogP contribution < -0.4 is 15.4 Å². The van der Waals surface area contributed by atoms with Crippen molar-refractivity contribution in [2.75, 3.05) is 14.2 Å². The van der Waals surface area contributed by atoms with Crippen LogP contribution in [0.15, 0.2) is 84.2 Å². The Balaban J connectivity index is 1.27. The zero-order chi connectivity index (χ0) is 31.1. The van der Waals surface area contributed by atoms with Gasteiger partial charge < -0.3 is 25.4 Å². The molecule has 2 heterocycles. The van der Waals surface area contributed by atoms with Gasteiger partial charge in [0.15, 0.2) is 0 Å². The average molecular weight is 613 g/mol. The van der Waals surface area contributed by atoms with Crippen molar-refractivity contribution < 1.29 is 19.4 Å². The van der Waals surface area contributed by atoms with Gasteiger partial charge in [-0.15, -0.1) is 11.3 Å². The van der Waals surface area contributed by atoms with E-state index in [4.69, 9.17) is 4.74 Å². The Morgan fingerprint density at radius 2 is 1.80 bits per heavy atom. The fourth-order valence-electron chi connectivity index (χ4n) is 5.83. The van der Waals surface area contributed by atoms with Crippen molar-refractivity contribution in [2.24, 2.45) is 0 Å². The van der Waals surface area contributed by atoms with Gasteiger partial charge in [0.05, 0.1) is 36.5 Å². The summed E-state index contributed by atoms with van der Waals surface area (Å²) in [5.41, 5.74) is 3.82. The van der Waals surface area contributed by atoms with Gasteiger partial charge in [0.25, 0.3) is 11.8 Å². The Labute approximate surface area is 263 Å². The molecule has 1 saturated heterocycles. The van der Waals surface area contributed by atoms with E-state index in [-0.39, 0.29) is 23.9 Å². The highest BCUT2D eigenvalue weighted by atomic mass is 32.1. The van der Waals surface area contributed by atoms with E-state index in [0.717, 1.165) is 41.3 Å². The molecule has 9 heteroatoms. The lowest BCUT2D eigenvalue weighted by Gasteiger charge is -2.29. The van der Waals surface area contributed by atoms with E-state index in [9.17, 15) is 14.7 Å². The largest absolute Gasteiger partial charge is 0.497 e. The highest BCUT2D eigenvalue weighted by Crippen LogP contribution is 2.23. The molecule has 4 aromatic rings. The van der Waals surface area contributed by atoms with Gasteiger partial charge in [-0.2, -0.15) is 0 Å². The van der Waals surface area contributed by atoms with E-state index in [1.165, 1.54) is 5.56 Å². The van der Waals surface area contributed by atoms with Crippen molar-refractivity contribution in [2.45, 2.75) is 63.4 Å². The number of carbonyl (C=O) groups excluding carboxylic acids is 2. The second-order valence-corrected chi connectivity index (χ2v) is 12.5. The zero-order valence-corrected chi connectivity index (χ0v) is 26.2. The molecule has 1 aliphatic heterocycles. The van der Waals surface area contributed by atoms with E-state index in [0.29, 0.717) is 24.1 Å². The molecule has 0 bridgehead atoms. The first-order chi connectivity index (χ1) is 21.3. The summed E-state index contributed by atoms with van der Waals surface area (Å²) >= 11 is 1.55.